The van der Waals surface area contributed by atoms with Crippen molar-refractivity contribution in [2.45, 2.75) is 18.8 Å². The molecule has 6 heteroatoms. The summed E-state index contributed by atoms with van der Waals surface area (Å²) in [5.74, 6) is 0.239. The van der Waals surface area contributed by atoms with Crippen LogP contribution in [-0.2, 0) is 16.3 Å². The third kappa shape index (κ3) is 3.07. The predicted molar refractivity (Wildman–Crippen MR) is 77.3 cm³/mol. The van der Waals surface area contributed by atoms with Gasteiger partial charge in [-0.05, 0) is 24.1 Å². The first-order chi connectivity index (χ1) is 9.52. The number of thiazole rings is 1. The number of rotatable bonds is 3. The van der Waals surface area contributed by atoms with Gasteiger partial charge >= 0.3 is 0 Å². The minimum Gasteiger partial charge on any atom is -0.246 e. The van der Waals surface area contributed by atoms with Crippen molar-refractivity contribution in [2.24, 2.45) is 0 Å². The van der Waals surface area contributed by atoms with E-state index in [2.05, 4.69) is 4.98 Å². The number of nitrogens with zero attached hydrogens (tertiary/aromatic N) is 1. The first-order valence-corrected chi connectivity index (χ1v) is 9.11. The maximum Gasteiger partial charge on any atom is 0.151 e. The molecule has 0 spiro atoms. The summed E-state index contributed by atoms with van der Waals surface area (Å²) in [4.78, 5) is 4.51. The standard InChI is InChI=1S/C14H14FNO2S2/c15-12-3-1-2-10(6-12)7-14-16-13(8-19-14)11-4-5-20(17,18)9-11/h1-3,6,8,11H,4-5,7,9H2/t11-/m0/s1. The van der Waals surface area contributed by atoms with Gasteiger partial charge in [0.05, 0.1) is 22.2 Å². The van der Waals surface area contributed by atoms with Crippen molar-refractivity contribution in [2.75, 3.05) is 11.5 Å². The average molecular weight is 311 g/mol. The molecule has 1 aromatic heterocycles. The van der Waals surface area contributed by atoms with Gasteiger partial charge in [-0.1, -0.05) is 12.1 Å². The van der Waals surface area contributed by atoms with Crippen LogP contribution >= 0.6 is 11.3 Å². The highest BCUT2D eigenvalue weighted by Gasteiger charge is 2.30. The fourth-order valence-electron chi connectivity index (χ4n) is 2.44. The van der Waals surface area contributed by atoms with Crippen LogP contribution in [-0.4, -0.2) is 24.9 Å². The Morgan fingerprint density at radius 1 is 1.40 bits per heavy atom. The molecule has 1 fully saturated rings. The lowest BCUT2D eigenvalue weighted by molar-refractivity contribution is 0.601. The summed E-state index contributed by atoms with van der Waals surface area (Å²) in [7, 11) is -2.88. The highest BCUT2D eigenvalue weighted by atomic mass is 32.2. The van der Waals surface area contributed by atoms with Gasteiger partial charge in [0.1, 0.15) is 5.82 Å². The van der Waals surface area contributed by atoms with E-state index in [0.29, 0.717) is 12.8 Å². The zero-order valence-corrected chi connectivity index (χ0v) is 12.4. The lowest BCUT2D eigenvalue weighted by Gasteiger charge is -2.02. The molecule has 20 heavy (non-hydrogen) atoms. The summed E-state index contributed by atoms with van der Waals surface area (Å²) in [6, 6.07) is 6.47. The number of sulfone groups is 1. The van der Waals surface area contributed by atoms with Gasteiger partial charge in [-0.2, -0.15) is 0 Å². The molecule has 1 saturated heterocycles. The van der Waals surface area contributed by atoms with Crippen molar-refractivity contribution in [3.8, 4) is 0 Å². The molecule has 3 nitrogen and oxygen atoms in total. The molecule has 0 bridgehead atoms. The van der Waals surface area contributed by atoms with Gasteiger partial charge in [-0.3, -0.25) is 0 Å². The molecule has 0 amide bonds. The first kappa shape index (κ1) is 13.7. The van der Waals surface area contributed by atoms with Crippen LogP contribution < -0.4 is 0 Å². The van der Waals surface area contributed by atoms with Crippen molar-refractivity contribution in [1.82, 2.24) is 4.98 Å². The third-order valence-corrected chi connectivity index (χ3v) is 6.10. The zero-order chi connectivity index (χ0) is 14.2. The second-order valence-electron chi connectivity index (χ2n) is 5.07. The van der Waals surface area contributed by atoms with Gasteiger partial charge in [0.25, 0.3) is 0 Å². The monoisotopic (exact) mass is 311 g/mol. The Balaban J connectivity index is 1.74. The Hall–Kier alpha value is -1.27. The van der Waals surface area contributed by atoms with Crippen LogP contribution in [0.2, 0.25) is 0 Å². The third-order valence-electron chi connectivity index (χ3n) is 3.46. The fraction of sp³-hybridized carbons (Fsp3) is 0.357. The Morgan fingerprint density at radius 3 is 2.95 bits per heavy atom. The molecular formula is C14H14FNO2S2. The van der Waals surface area contributed by atoms with Crippen LogP contribution in [0.3, 0.4) is 0 Å². The molecule has 0 unspecified atom stereocenters. The van der Waals surface area contributed by atoms with Gasteiger partial charge in [0.15, 0.2) is 9.84 Å². The molecule has 0 saturated carbocycles. The van der Waals surface area contributed by atoms with Crippen LogP contribution in [0.15, 0.2) is 29.6 Å². The van der Waals surface area contributed by atoms with E-state index >= 15 is 0 Å². The number of benzene rings is 1. The summed E-state index contributed by atoms with van der Waals surface area (Å²) >= 11 is 1.51. The van der Waals surface area contributed by atoms with Crippen molar-refractivity contribution in [3.63, 3.8) is 0 Å². The molecule has 1 aliphatic heterocycles. The molecule has 1 aromatic carbocycles. The summed E-state index contributed by atoms with van der Waals surface area (Å²) in [5.41, 5.74) is 1.74. The zero-order valence-electron chi connectivity index (χ0n) is 10.8. The van der Waals surface area contributed by atoms with E-state index in [1.54, 1.807) is 6.07 Å². The lowest BCUT2D eigenvalue weighted by atomic mass is 10.1. The minimum absolute atomic E-state index is 0.0255. The van der Waals surface area contributed by atoms with Gasteiger partial charge in [0, 0.05) is 17.7 Å². The molecule has 0 radical (unpaired) electrons. The fourth-order valence-corrected chi connectivity index (χ4v) is 5.11. The summed E-state index contributed by atoms with van der Waals surface area (Å²) in [6.07, 6.45) is 1.24. The van der Waals surface area contributed by atoms with E-state index in [1.807, 2.05) is 11.4 Å². The van der Waals surface area contributed by atoms with Crippen LogP contribution in [0.1, 0.15) is 28.6 Å². The van der Waals surface area contributed by atoms with Gasteiger partial charge in [0.2, 0.25) is 0 Å². The van der Waals surface area contributed by atoms with Crippen molar-refractivity contribution in [3.05, 3.63) is 51.7 Å². The van der Waals surface area contributed by atoms with Gasteiger partial charge < -0.3 is 0 Å². The summed E-state index contributed by atoms with van der Waals surface area (Å²) < 4.78 is 36.1. The van der Waals surface area contributed by atoms with E-state index in [1.165, 1.54) is 23.5 Å². The Labute approximate surface area is 121 Å². The minimum atomic E-state index is -2.88. The van der Waals surface area contributed by atoms with E-state index in [4.69, 9.17) is 0 Å². The Bertz CT molecular complexity index is 724. The molecule has 106 valence electrons. The van der Waals surface area contributed by atoms with Gasteiger partial charge in [-0.15, -0.1) is 11.3 Å². The van der Waals surface area contributed by atoms with Crippen LogP contribution in [0, 0.1) is 5.82 Å². The highest BCUT2D eigenvalue weighted by Crippen LogP contribution is 2.30. The van der Waals surface area contributed by atoms with Crippen molar-refractivity contribution < 1.29 is 12.8 Å². The van der Waals surface area contributed by atoms with Crippen LogP contribution in [0.4, 0.5) is 4.39 Å². The molecule has 0 N–H and O–H groups in total. The first-order valence-electron chi connectivity index (χ1n) is 6.41. The van der Waals surface area contributed by atoms with E-state index in [0.717, 1.165) is 16.3 Å². The predicted octanol–water partition coefficient (Wildman–Crippen LogP) is 2.78. The molecule has 3 rings (SSSR count). The van der Waals surface area contributed by atoms with Crippen LogP contribution in [0.25, 0.3) is 0 Å². The molecule has 2 heterocycles. The lowest BCUT2D eigenvalue weighted by Crippen LogP contribution is -2.04. The van der Waals surface area contributed by atoms with E-state index < -0.39 is 9.84 Å². The number of hydrogen-bond acceptors (Lipinski definition) is 4. The van der Waals surface area contributed by atoms with Gasteiger partial charge in [-0.25, -0.2) is 17.8 Å². The normalized spacial score (nSPS) is 21.1. The smallest absolute Gasteiger partial charge is 0.151 e. The van der Waals surface area contributed by atoms with Crippen molar-refractivity contribution >= 4 is 21.2 Å². The Morgan fingerprint density at radius 2 is 2.25 bits per heavy atom. The van der Waals surface area contributed by atoms with E-state index in [-0.39, 0.29) is 23.2 Å². The topological polar surface area (TPSA) is 47.0 Å². The summed E-state index contributed by atoms with van der Waals surface area (Å²) in [5, 5.41) is 2.83. The van der Waals surface area contributed by atoms with E-state index in [9.17, 15) is 12.8 Å². The number of hydrogen-bond donors (Lipinski definition) is 0. The highest BCUT2D eigenvalue weighted by molar-refractivity contribution is 7.91. The second kappa shape index (κ2) is 5.26. The SMILES string of the molecule is O=S1(=O)CC[C@H](c2csc(Cc3cccc(F)c3)n2)C1. The second-order valence-corrected chi connectivity index (χ2v) is 8.24. The molecular weight excluding hydrogens is 297 g/mol. The van der Waals surface area contributed by atoms with Crippen molar-refractivity contribution in [1.29, 1.82) is 0 Å². The average Bonchev–Trinajstić information content (AvgIpc) is 2.96. The molecule has 2 aromatic rings. The molecule has 1 aliphatic rings. The van der Waals surface area contributed by atoms with Crippen LogP contribution in [0.5, 0.6) is 0 Å². The quantitative estimate of drug-likeness (QED) is 0.875. The number of aromatic nitrogens is 1. The summed E-state index contributed by atoms with van der Waals surface area (Å²) in [6.45, 7) is 0. The maximum absolute atomic E-state index is 13.1. The molecule has 1 atom stereocenters. The number of halogens is 1. The maximum atomic E-state index is 13.1. The largest absolute Gasteiger partial charge is 0.246 e. The Kier molecular flexibility index (Phi) is 3.60. The molecule has 0 aliphatic carbocycles.